The summed E-state index contributed by atoms with van der Waals surface area (Å²) in [5, 5.41) is 8.59. The van der Waals surface area contributed by atoms with Crippen LogP contribution in [0.2, 0.25) is 5.28 Å². The van der Waals surface area contributed by atoms with Crippen LogP contribution in [0.1, 0.15) is 36.7 Å². The zero-order valence-corrected chi connectivity index (χ0v) is 11.2. The van der Waals surface area contributed by atoms with Gasteiger partial charge in [-0.1, -0.05) is 13.0 Å². The number of rotatable bonds is 3. The van der Waals surface area contributed by atoms with E-state index in [1.807, 2.05) is 4.57 Å². The van der Waals surface area contributed by atoms with Crippen molar-refractivity contribution in [3.05, 3.63) is 40.4 Å². The van der Waals surface area contributed by atoms with Crippen LogP contribution in [0.5, 0.6) is 0 Å². The highest BCUT2D eigenvalue weighted by molar-refractivity contribution is 6.28. The molecule has 0 N–H and O–H groups in total. The van der Waals surface area contributed by atoms with Gasteiger partial charge in [0.15, 0.2) is 0 Å². The number of halogens is 1. The predicted octanol–water partition coefficient (Wildman–Crippen LogP) is 3.36. The Morgan fingerprint density at radius 2 is 2.06 bits per heavy atom. The van der Waals surface area contributed by atoms with Gasteiger partial charge >= 0.3 is 0 Å². The van der Waals surface area contributed by atoms with E-state index in [9.17, 15) is 0 Å². The molecule has 1 aliphatic carbocycles. The Kier molecular flexibility index (Phi) is 3.08. The fraction of sp³-hybridized carbons (Fsp3) is 0.429. The van der Waals surface area contributed by atoms with Gasteiger partial charge in [0, 0.05) is 6.42 Å². The molecule has 1 aromatic heterocycles. The molecular weight excluding hydrogens is 246 g/mol. The summed E-state index contributed by atoms with van der Waals surface area (Å²) in [7, 11) is 0. The van der Waals surface area contributed by atoms with Crippen molar-refractivity contribution in [2.75, 3.05) is 0 Å². The third-order valence-electron chi connectivity index (χ3n) is 3.50. The summed E-state index contributed by atoms with van der Waals surface area (Å²) in [6.07, 6.45) is 5.58. The van der Waals surface area contributed by atoms with Crippen LogP contribution in [0.4, 0.5) is 0 Å². The van der Waals surface area contributed by atoms with Crippen molar-refractivity contribution in [1.82, 2.24) is 14.8 Å². The normalized spacial score (nSPS) is 13.9. The molecule has 0 radical (unpaired) electrons. The van der Waals surface area contributed by atoms with Crippen LogP contribution in [0.25, 0.3) is 5.69 Å². The Hall–Kier alpha value is -1.35. The van der Waals surface area contributed by atoms with Crippen LogP contribution in [-0.4, -0.2) is 14.8 Å². The van der Waals surface area contributed by atoms with Crippen LogP contribution in [-0.2, 0) is 19.3 Å². The molecule has 0 amide bonds. The van der Waals surface area contributed by atoms with Crippen molar-refractivity contribution in [3.8, 4) is 5.69 Å². The third kappa shape index (κ3) is 1.93. The zero-order valence-electron chi connectivity index (χ0n) is 10.5. The Labute approximate surface area is 112 Å². The highest BCUT2D eigenvalue weighted by Gasteiger charge is 2.15. The maximum absolute atomic E-state index is 6.16. The minimum absolute atomic E-state index is 0.455. The number of hydrogen-bond acceptors (Lipinski definition) is 2. The molecule has 94 valence electrons. The summed E-state index contributed by atoms with van der Waals surface area (Å²) in [6, 6.07) is 6.57. The number of hydrogen-bond donors (Lipinski definition) is 0. The first-order chi connectivity index (χ1) is 8.79. The summed E-state index contributed by atoms with van der Waals surface area (Å²) in [5.74, 6) is 0.945. The van der Waals surface area contributed by atoms with Gasteiger partial charge in [-0.25, -0.2) is 0 Å². The molecule has 1 aromatic carbocycles. The van der Waals surface area contributed by atoms with Crippen LogP contribution in [0.3, 0.4) is 0 Å². The van der Waals surface area contributed by atoms with E-state index in [0.717, 1.165) is 24.4 Å². The van der Waals surface area contributed by atoms with Gasteiger partial charge in [0.2, 0.25) is 5.28 Å². The van der Waals surface area contributed by atoms with Crippen LogP contribution in [0, 0.1) is 0 Å². The maximum atomic E-state index is 6.16. The summed E-state index contributed by atoms with van der Waals surface area (Å²) < 4.78 is 1.96. The van der Waals surface area contributed by atoms with Gasteiger partial charge in [0.1, 0.15) is 5.82 Å². The molecule has 0 aliphatic heterocycles. The van der Waals surface area contributed by atoms with E-state index >= 15 is 0 Å². The number of aryl methyl sites for hydroxylation is 3. The maximum Gasteiger partial charge on any atom is 0.229 e. The molecule has 3 nitrogen and oxygen atoms in total. The molecule has 0 spiro atoms. The molecule has 0 saturated heterocycles. The van der Waals surface area contributed by atoms with E-state index in [1.165, 1.54) is 30.4 Å². The first-order valence-corrected chi connectivity index (χ1v) is 6.89. The molecule has 0 atom stereocenters. The van der Waals surface area contributed by atoms with Gasteiger partial charge in [0.25, 0.3) is 0 Å². The largest absolute Gasteiger partial charge is 0.270 e. The summed E-state index contributed by atoms with van der Waals surface area (Å²) in [4.78, 5) is 0. The SMILES string of the molecule is CCCc1nnc(Cl)n1-c1ccc2c(c1)CCC2. The lowest BCUT2D eigenvalue weighted by molar-refractivity contribution is 0.802. The highest BCUT2D eigenvalue weighted by Crippen LogP contribution is 2.26. The van der Waals surface area contributed by atoms with E-state index < -0.39 is 0 Å². The minimum Gasteiger partial charge on any atom is -0.270 e. The molecule has 1 aliphatic rings. The zero-order chi connectivity index (χ0) is 12.5. The van der Waals surface area contributed by atoms with Crippen molar-refractivity contribution in [2.45, 2.75) is 39.0 Å². The first-order valence-electron chi connectivity index (χ1n) is 6.51. The fourth-order valence-electron chi connectivity index (χ4n) is 2.63. The lowest BCUT2D eigenvalue weighted by atomic mass is 10.1. The topological polar surface area (TPSA) is 30.7 Å². The summed E-state index contributed by atoms with van der Waals surface area (Å²) >= 11 is 6.16. The van der Waals surface area contributed by atoms with Gasteiger partial charge in [-0.05, 0) is 60.5 Å². The van der Waals surface area contributed by atoms with Crippen LogP contribution < -0.4 is 0 Å². The smallest absolute Gasteiger partial charge is 0.229 e. The Morgan fingerprint density at radius 3 is 2.89 bits per heavy atom. The molecule has 0 unspecified atom stereocenters. The van der Waals surface area contributed by atoms with Gasteiger partial charge in [-0.2, -0.15) is 0 Å². The van der Waals surface area contributed by atoms with E-state index in [4.69, 9.17) is 11.6 Å². The lowest BCUT2D eigenvalue weighted by Crippen LogP contribution is -2.02. The molecule has 3 rings (SSSR count). The highest BCUT2D eigenvalue weighted by atomic mass is 35.5. The van der Waals surface area contributed by atoms with Crippen molar-refractivity contribution in [1.29, 1.82) is 0 Å². The van der Waals surface area contributed by atoms with Crippen molar-refractivity contribution in [3.63, 3.8) is 0 Å². The Balaban J connectivity index is 2.06. The number of benzene rings is 1. The van der Waals surface area contributed by atoms with Gasteiger partial charge in [0.05, 0.1) is 5.69 Å². The molecule has 4 heteroatoms. The molecule has 0 bridgehead atoms. The number of nitrogens with zero attached hydrogens (tertiary/aromatic N) is 3. The molecule has 0 saturated carbocycles. The number of aromatic nitrogens is 3. The summed E-state index contributed by atoms with van der Waals surface area (Å²) in [5.41, 5.74) is 4.01. The monoisotopic (exact) mass is 261 g/mol. The molecule has 2 aromatic rings. The van der Waals surface area contributed by atoms with Crippen molar-refractivity contribution < 1.29 is 0 Å². The number of fused-ring (bicyclic) bond motifs is 1. The van der Waals surface area contributed by atoms with Crippen molar-refractivity contribution >= 4 is 11.6 Å². The lowest BCUT2D eigenvalue weighted by Gasteiger charge is -2.09. The first kappa shape index (κ1) is 11.7. The van der Waals surface area contributed by atoms with Gasteiger partial charge in [-0.15, -0.1) is 10.2 Å². The second-order valence-corrected chi connectivity index (χ2v) is 5.12. The average molecular weight is 262 g/mol. The van der Waals surface area contributed by atoms with E-state index in [2.05, 4.69) is 35.3 Å². The van der Waals surface area contributed by atoms with E-state index in [-0.39, 0.29) is 0 Å². The Bertz CT molecular complexity index is 574. The second kappa shape index (κ2) is 4.73. The standard InChI is InChI=1S/C14H16ClN3/c1-2-4-13-16-17-14(15)18(13)12-8-7-10-5-3-6-11(10)9-12/h7-9H,2-6H2,1H3. The van der Waals surface area contributed by atoms with E-state index in [1.54, 1.807) is 0 Å². The van der Waals surface area contributed by atoms with Crippen LogP contribution in [0.15, 0.2) is 18.2 Å². The van der Waals surface area contributed by atoms with Crippen molar-refractivity contribution in [2.24, 2.45) is 0 Å². The fourth-order valence-corrected chi connectivity index (χ4v) is 2.87. The quantitative estimate of drug-likeness (QED) is 0.848. The van der Waals surface area contributed by atoms with Gasteiger partial charge in [-0.3, -0.25) is 4.57 Å². The summed E-state index contributed by atoms with van der Waals surface area (Å²) in [6.45, 7) is 2.13. The Morgan fingerprint density at radius 1 is 1.22 bits per heavy atom. The van der Waals surface area contributed by atoms with E-state index in [0.29, 0.717) is 5.28 Å². The molecule has 0 fully saturated rings. The van der Waals surface area contributed by atoms with Crippen LogP contribution >= 0.6 is 11.6 Å². The predicted molar refractivity (Wildman–Crippen MR) is 72.4 cm³/mol. The molecule has 18 heavy (non-hydrogen) atoms. The minimum atomic E-state index is 0.455. The average Bonchev–Trinajstić information content (AvgIpc) is 2.96. The molecular formula is C14H16ClN3. The third-order valence-corrected chi connectivity index (χ3v) is 3.75. The van der Waals surface area contributed by atoms with Gasteiger partial charge < -0.3 is 0 Å². The second-order valence-electron chi connectivity index (χ2n) is 4.78. The molecule has 1 heterocycles.